The summed E-state index contributed by atoms with van der Waals surface area (Å²) in [6, 6.07) is 0. The number of hydrogen-bond donors (Lipinski definition) is 2. The predicted octanol–water partition coefficient (Wildman–Crippen LogP) is 3.00. The van der Waals surface area contributed by atoms with Crippen LogP contribution in [0.3, 0.4) is 0 Å². The molecule has 0 saturated carbocycles. The van der Waals surface area contributed by atoms with E-state index in [1.807, 2.05) is 20.8 Å². The van der Waals surface area contributed by atoms with Gasteiger partial charge >= 0.3 is 5.97 Å². The molecule has 0 spiro atoms. The number of Topliss-reactive ketones (excluding diaryl/α,β-unsaturated/α-hetero) is 2. The molecule has 0 aromatic heterocycles. The van der Waals surface area contributed by atoms with Crippen LogP contribution in [-0.4, -0.2) is 28.4 Å². The van der Waals surface area contributed by atoms with Crippen LogP contribution in [0.15, 0.2) is 0 Å². The van der Waals surface area contributed by atoms with Crippen LogP contribution < -0.4 is 0 Å². The molecule has 0 heterocycles. The van der Waals surface area contributed by atoms with Gasteiger partial charge in [-0.1, -0.05) is 20.8 Å². The van der Waals surface area contributed by atoms with Crippen molar-refractivity contribution in [1.29, 1.82) is 0 Å². The molecule has 0 amide bonds. The summed E-state index contributed by atoms with van der Waals surface area (Å²) in [6.07, 6.45) is 1.12. The molecular weight excluding hydrogens is 276 g/mol. The summed E-state index contributed by atoms with van der Waals surface area (Å²) in [6.45, 7) is 7.53. The average Bonchev–Trinajstić information content (AvgIpc) is 2.28. The van der Waals surface area contributed by atoms with Gasteiger partial charge in [0.1, 0.15) is 11.6 Å². The molecule has 0 aliphatic rings. The molecule has 4 nitrogen and oxygen atoms in total. The van der Waals surface area contributed by atoms with Gasteiger partial charge in [-0.05, 0) is 25.2 Å². The highest BCUT2D eigenvalue weighted by Crippen LogP contribution is 2.29. The Bertz CT molecular complexity index is 357. The van der Waals surface area contributed by atoms with Crippen LogP contribution in [-0.2, 0) is 14.4 Å². The number of ketones is 2. The fourth-order valence-corrected chi connectivity index (χ4v) is 2.55. The van der Waals surface area contributed by atoms with E-state index in [0.29, 0.717) is 18.6 Å². The second kappa shape index (κ2) is 8.45. The Kier molecular flexibility index (Phi) is 8.09. The highest BCUT2D eigenvalue weighted by molar-refractivity contribution is 7.80. The van der Waals surface area contributed by atoms with E-state index < -0.39 is 5.97 Å². The summed E-state index contributed by atoms with van der Waals surface area (Å²) < 4.78 is 0. The summed E-state index contributed by atoms with van der Waals surface area (Å²) in [5.74, 6) is -1.26. The highest BCUT2D eigenvalue weighted by Gasteiger charge is 2.28. The molecule has 0 fully saturated rings. The van der Waals surface area contributed by atoms with Gasteiger partial charge in [0, 0.05) is 30.4 Å². The number of carbonyl (C=O) groups excluding carboxylic acids is 2. The van der Waals surface area contributed by atoms with Gasteiger partial charge in [0.2, 0.25) is 0 Å². The van der Waals surface area contributed by atoms with Crippen molar-refractivity contribution < 1.29 is 19.5 Å². The number of thiol groups is 1. The lowest BCUT2D eigenvalue weighted by Crippen LogP contribution is -2.26. The van der Waals surface area contributed by atoms with E-state index in [9.17, 15) is 14.4 Å². The van der Waals surface area contributed by atoms with E-state index in [4.69, 9.17) is 5.11 Å². The molecule has 0 radical (unpaired) electrons. The first-order valence-electron chi connectivity index (χ1n) is 6.92. The number of aliphatic carboxylic acids is 1. The zero-order valence-electron chi connectivity index (χ0n) is 12.8. The van der Waals surface area contributed by atoms with Gasteiger partial charge in [-0.25, -0.2) is 0 Å². The Morgan fingerprint density at radius 1 is 1.15 bits per heavy atom. The number of carbonyl (C=O) groups is 3. The van der Waals surface area contributed by atoms with Gasteiger partial charge in [-0.3, -0.25) is 14.4 Å². The monoisotopic (exact) mass is 302 g/mol. The zero-order chi connectivity index (χ0) is 15.9. The molecule has 0 aromatic carbocycles. The molecule has 0 rings (SSSR count). The van der Waals surface area contributed by atoms with Crippen LogP contribution in [0.2, 0.25) is 0 Å². The Hall–Kier alpha value is -0.840. The molecule has 0 aliphatic carbocycles. The first kappa shape index (κ1) is 19.2. The van der Waals surface area contributed by atoms with Gasteiger partial charge in [-0.15, -0.1) is 0 Å². The van der Waals surface area contributed by atoms with Gasteiger partial charge in [0.25, 0.3) is 0 Å². The summed E-state index contributed by atoms with van der Waals surface area (Å²) in [5.41, 5.74) is -0.0501. The number of carboxylic acid groups (broad SMARTS) is 1. The average molecular weight is 302 g/mol. The third-order valence-corrected chi connectivity index (χ3v) is 3.70. The van der Waals surface area contributed by atoms with Crippen LogP contribution in [0, 0.1) is 17.3 Å². The van der Waals surface area contributed by atoms with E-state index >= 15 is 0 Å². The van der Waals surface area contributed by atoms with Crippen molar-refractivity contribution in [2.24, 2.45) is 17.3 Å². The molecule has 0 aliphatic heterocycles. The Morgan fingerprint density at radius 3 is 2.05 bits per heavy atom. The Labute approximate surface area is 126 Å². The third kappa shape index (κ3) is 8.35. The maximum atomic E-state index is 12.3. The van der Waals surface area contributed by atoms with Gasteiger partial charge in [-0.2, -0.15) is 12.6 Å². The Balaban J connectivity index is 4.77. The summed E-state index contributed by atoms with van der Waals surface area (Å²) >= 11 is 4.10. The number of rotatable bonds is 9. The largest absolute Gasteiger partial charge is 0.481 e. The van der Waals surface area contributed by atoms with Gasteiger partial charge < -0.3 is 5.11 Å². The molecule has 0 saturated heterocycles. The van der Waals surface area contributed by atoms with E-state index in [1.54, 1.807) is 0 Å². The van der Waals surface area contributed by atoms with Crippen LogP contribution in [0.4, 0.5) is 0 Å². The highest BCUT2D eigenvalue weighted by atomic mass is 32.1. The van der Waals surface area contributed by atoms with Gasteiger partial charge in [0.05, 0.1) is 0 Å². The quantitative estimate of drug-likeness (QED) is 0.642. The minimum Gasteiger partial charge on any atom is -0.481 e. The van der Waals surface area contributed by atoms with Crippen molar-refractivity contribution in [2.75, 3.05) is 5.75 Å². The fourth-order valence-electron chi connectivity index (χ4n) is 2.16. The molecule has 0 bridgehead atoms. The summed E-state index contributed by atoms with van der Waals surface area (Å²) in [7, 11) is 0. The molecule has 0 aromatic rings. The molecule has 20 heavy (non-hydrogen) atoms. The van der Waals surface area contributed by atoms with Crippen LogP contribution >= 0.6 is 12.6 Å². The SMILES string of the molecule is CC(=O)C(CS)CC(=O)C(CCC(=O)O)CC(C)(C)C. The van der Waals surface area contributed by atoms with Gasteiger partial charge in [0.15, 0.2) is 0 Å². The van der Waals surface area contributed by atoms with Crippen LogP contribution in [0.25, 0.3) is 0 Å². The maximum Gasteiger partial charge on any atom is 0.303 e. The minimum absolute atomic E-state index is 0.0158. The van der Waals surface area contributed by atoms with Crippen molar-refractivity contribution in [1.82, 2.24) is 0 Å². The number of hydrogen-bond acceptors (Lipinski definition) is 4. The van der Waals surface area contributed by atoms with Crippen molar-refractivity contribution in [3.8, 4) is 0 Å². The third-order valence-electron chi connectivity index (χ3n) is 3.26. The Morgan fingerprint density at radius 2 is 1.70 bits per heavy atom. The van der Waals surface area contributed by atoms with Crippen LogP contribution in [0.5, 0.6) is 0 Å². The normalized spacial score (nSPS) is 14.7. The second-order valence-corrected chi connectivity index (χ2v) is 6.92. The second-order valence-electron chi connectivity index (χ2n) is 6.55. The lowest BCUT2D eigenvalue weighted by Gasteiger charge is -2.25. The first-order chi connectivity index (χ1) is 9.06. The first-order valence-corrected chi connectivity index (χ1v) is 7.56. The molecule has 2 atom stereocenters. The maximum absolute atomic E-state index is 12.3. The van der Waals surface area contributed by atoms with E-state index in [1.165, 1.54) is 6.92 Å². The van der Waals surface area contributed by atoms with E-state index in [2.05, 4.69) is 12.6 Å². The topological polar surface area (TPSA) is 71.4 Å². The van der Waals surface area contributed by atoms with E-state index in [0.717, 1.165) is 0 Å². The lowest BCUT2D eigenvalue weighted by atomic mass is 9.79. The molecular formula is C15H26O4S. The molecule has 1 N–H and O–H groups in total. The fraction of sp³-hybridized carbons (Fsp3) is 0.800. The lowest BCUT2D eigenvalue weighted by molar-refractivity contribution is -0.138. The van der Waals surface area contributed by atoms with Crippen molar-refractivity contribution in [3.05, 3.63) is 0 Å². The molecule has 116 valence electrons. The smallest absolute Gasteiger partial charge is 0.303 e. The van der Waals surface area contributed by atoms with Crippen molar-refractivity contribution in [3.63, 3.8) is 0 Å². The summed E-state index contributed by atoms with van der Waals surface area (Å²) in [4.78, 5) is 34.4. The zero-order valence-corrected chi connectivity index (χ0v) is 13.7. The van der Waals surface area contributed by atoms with Crippen molar-refractivity contribution in [2.45, 2.75) is 53.4 Å². The minimum atomic E-state index is -0.894. The van der Waals surface area contributed by atoms with Crippen LogP contribution in [0.1, 0.15) is 53.4 Å². The molecule has 2 unspecified atom stereocenters. The van der Waals surface area contributed by atoms with Crippen molar-refractivity contribution >= 4 is 30.2 Å². The molecule has 5 heteroatoms. The van der Waals surface area contributed by atoms with E-state index in [-0.39, 0.29) is 41.7 Å². The summed E-state index contributed by atoms with van der Waals surface area (Å²) in [5, 5.41) is 8.78. The number of carboxylic acids is 1. The predicted molar refractivity (Wildman–Crippen MR) is 82.1 cm³/mol. The standard InChI is InChI=1S/C15H26O4S/c1-10(16)12(9-20)7-13(17)11(5-6-14(18)19)8-15(2,3)4/h11-12,20H,5-9H2,1-4H3,(H,18,19).